The van der Waals surface area contributed by atoms with Gasteiger partial charge in [0.05, 0.1) is 13.2 Å². The van der Waals surface area contributed by atoms with E-state index >= 15 is 0 Å². The van der Waals surface area contributed by atoms with Crippen LogP contribution in [0.1, 0.15) is 16.8 Å². The first-order valence-electron chi connectivity index (χ1n) is 8.96. The molecule has 0 bridgehead atoms. The summed E-state index contributed by atoms with van der Waals surface area (Å²) in [5.41, 5.74) is 1.24. The lowest BCUT2D eigenvalue weighted by Crippen LogP contribution is -2.41. The molecule has 26 heavy (non-hydrogen) atoms. The average Bonchev–Trinajstić information content (AvgIpc) is 3.08. The van der Waals surface area contributed by atoms with Crippen LogP contribution >= 0.6 is 0 Å². The summed E-state index contributed by atoms with van der Waals surface area (Å²) < 4.78 is 19.8. The molecule has 0 aliphatic carbocycles. The van der Waals surface area contributed by atoms with Crippen LogP contribution < -0.4 is 0 Å². The number of amides is 1. The van der Waals surface area contributed by atoms with E-state index in [2.05, 4.69) is 0 Å². The van der Waals surface area contributed by atoms with Gasteiger partial charge in [-0.05, 0) is 24.1 Å². The maximum atomic E-state index is 14.3. The Morgan fingerprint density at radius 3 is 2.65 bits per heavy atom. The number of aliphatic hydroxyl groups excluding tert-OH is 1. The maximum Gasteiger partial charge on any atom is 0.254 e. The van der Waals surface area contributed by atoms with Gasteiger partial charge in [-0.1, -0.05) is 36.4 Å². The Hall–Kier alpha value is -2.24. The lowest BCUT2D eigenvalue weighted by molar-refractivity contribution is -0.0415. The molecule has 2 saturated heterocycles. The number of halogens is 1. The summed E-state index contributed by atoms with van der Waals surface area (Å²) in [7, 11) is 0. The van der Waals surface area contributed by atoms with Crippen LogP contribution in [-0.2, 0) is 4.74 Å². The molecule has 4 nitrogen and oxygen atoms in total. The van der Waals surface area contributed by atoms with E-state index in [0.717, 1.165) is 6.42 Å². The number of aliphatic hydroxyl groups is 1. The van der Waals surface area contributed by atoms with Gasteiger partial charge in [-0.15, -0.1) is 0 Å². The first-order chi connectivity index (χ1) is 12.6. The molecular weight excluding hydrogens is 333 g/mol. The molecule has 2 aromatic rings. The summed E-state index contributed by atoms with van der Waals surface area (Å²) in [4.78, 5) is 15.0. The van der Waals surface area contributed by atoms with Gasteiger partial charge in [0, 0.05) is 42.2 Å². The van der Waals surface area contributed by atoms with Crippen LogP contribution in [0.4, 0.5) is 4.39 Å². The van der Waals surface area contributed by atoms with Crippen molar-refractivity contribution >= 4 is 5.91 Å². The van der Waals surface area contributed by atoms with Crippen LogP contribution in [0, 0.1) is 17.2 Å². The second kappa shape index (κ2) is 6.82. The largest absolute Gasteiger partial charge is 0.396 e. The second-order valence-electron chi connectivity index (χ2n) is 7.25. The SMILES string of the molecule is O=C(c1ccccc1-c1ccccc1F)N1C[C@@H]2COCC[C@]2(CO)C1. The number of hydrogen-bond acceptors (Lipinski definition) is 3. The Morgan fingerprint density at radius 1 is 1.19 bits per heavy atom. The van der Waals surface area contributed by atoms with Gasteiger partial charge < -0.3 is 14.7 Å². The van der Waals surface area contributed by atoms with Crippen molar-refractivity contribution in [1.82, 2.24) is 4.90 Å². The average molecular weight is 355 g/mol. The standard InChI is InChI=1S/C21H22FNO3/c22-19-8-4-3-6-17(19)16-5-1-2-7-18(16)20(25)23-11-15-12-26-10-9-21(15,13-23)14-24/h1-8,15,24H,9-14H2/t15-,21-/m1/s1. The van der Waals surface area contributed by atoms with Crippen LogP contribution in [-0.4, -0.2) is 48.8 Å². The Kier molecular flexibility index (Phi) is 4.51. The monoisotopic (exact) mass is 355 g/mol. The number of fused-ring (bicyclic) bond motifs is 1. The molecule has 136 valence electrons. The summed E-state index contributed by atoms with van der Waals surface area (Å²) in [5, 5.41) is 9.95. The lowest BCUT2D eigenvalue weighted by atomic mass is 9.75. The quantitative estimate of drug-likeness (QED) is 0.921. The third kappa shape index (κ3) is 2.81. The van der Waals surface area contributed by atoms with Crippen molar-refractivity contribution in [2.45, 2.75) is 6.42 Å². The molecular formula is C21H22FNO3. The van der Waals surface area contributed by atoms with Crippen molar-refractivity contribution in [3.63, 3.8) is 0 Å². The fourth-order valence-corrected chi connectivity index (χ4v) is 4.21. The molecule has 1 amide bonds. The van der Waals surface area contributed by atoms with E-state index in [4.69, 9.17) is 4.74 Å². The number of hydrogen-bond donors (Lipinski definition) is 1. The number of benzene rings is 2. The Labute approximate surface area is 152 Å². The third-order valence-electron chi connectivity index (χ3n) is 5.80. The molecule has 1 N–H and O–H groups in total. The van der Waals surface area contributed by atoms with E-state index in [-0.39, 0.29) is 29.7 Å². The van der Waals surface area contributed by atoms with E-state index in [1.165, 1.54) is 6.07 Å². The molecule has 5 heteroatoms. The summed E-state index contributed by atoms with van der Waals surface area (Å²) >= 11 is 0. The summed E-state index contributed by atoms with van der Waals surface area (Å²) in [6, 6.07) is 13.6. The van der Waals surface area contributed by atoms with Gasteiger partial charge in [0.25, 0.3) is 5.91 Å². The Morgan fingerprint density at radius 2 is 1.92 bits per heavy atom. The molecule has 2 aromatic carbocycles. The Balaban J connectivity index is 1.67. The minimum Gasteiger partial charge on any atom is -0.396 e. The van der Waals surface area contributed by atoms with E-state index in [0.29, 0.717) is 43.0 Å². The van der Waals surface area contributed by atoms with Crippen molar-refractivity contribution in [2.75, 3.05) is 32.9 Å². The van der Waals surface area contributed by atoms with E-state index < -0.39 is 0 Å². The summed E-state index contributed by atoms with van der Waals surface area (Å²) in [5.74, 6) is -0.319. The number of nitrogens with zero attached hydrogens (tertiary/aromatic N) is 1. The number of carbonyl (C=O) groups excluding carboxylic acids is 1. The fraction of sp³-hybridized carbons (Fsp3) is 0.381. The van der Waals surface area contributed by atoms with Gasteiger partial charge in [0.15, 0.2) is 0 Å². The number of carbonyl (C=O) groups is 1. The maximum absolute atomic E-state index is 14.3. The van der Waals surface area contributed by atoms with Gasteiger partial charge in [0.1, 0.15) is 5.82 Å². The van der Waals surface area contributed by atoms with E-state index in [9.17, 15) is 14.3 Å². The highest BCUT2D eigenvalue weighted by atomic mass is 19.1. The van der Waals surface area contributed by atoms with Gasteiger partial charge >= 0.3 is 0 Å². The summed E-state index contributed by atoms with van der Waals surface area (Å²) in [6.07, 6.45) is 0.757. The first kappa shape index (κ1) is 17.2. The van der Waals surface area contributed by atoms with Crippen molar-refractivity contribution in [3.8, 4) is 11.1 Å². The zero-order valence-corrected chi connectivity index (χ0v) is 14.5. The number of likely N-dealkylation sites (tertiary alicyclic amines) is 1. The lowest BCUT2D eigenvalue weighted by Gasteiger charge is -2.36. The second-order valence-corrected chi connectivity index (χ2v) is 7.25. The van der Waals surface area contributed by atoms with Crippen molar-refractivity contribution in [2.24, 2.45) is 11.3 Å². The molecule has 0 saturated carbocycles. The minimum absolute atomic E-state index is 0.0553. The summed E-state index contributed by atoms with van der Waals surface area (Å²) in [6.45, 7) is 2.32. The van der Waals surface area contributed by atoms with Crippen molar-refractivity contribution in [3.05, 3.63) is 59.9 Å². The van der Waals surface area contributed by atoms with Crippen molar-refractivity contribution in [1.29, 1.82) is 0 Å². The number of ether oxygens (including phenoxy) is 1. The fourth-order valence-electron chi connectivity index (χ4n) is 4.21. The molecule has 0 spiro atoms. The normalized spacial score (nSPS) is 25.2. The van der Waals surface area contributed by atoms with Crippen LogP contribution in [0.5, 0.6) is 0 Å². The highest BCUT2D eigenvalue weighted by Gasteiger charge is 2.49. The molecule has 0 radical (unpaired) electrons. The highest BCUT2D eigenvalue weighted by Crippen LogP contribution is 2.42. The molecule has 2 atom stereocenters. The molecule has 0 unspecified atom stereocenters. The van der Waals surface area contributed by atoms with Gasteiger partial charge in [0.2, 0.25) is 0 Å². The molecule has 0 aromatic heterocycles. The third-order valence-corrected chi connectivity index (χ3v) is 5.80. The molecule has 2 heterocycles. The van der Waals surface area contributed by atoms with Crippen molar-refractivity contribution < 1.29 is 19.0 Å². The van der Waals surface area contributed by atoms with Crippen LogP contribution in [0.3, 0.4) is 0 Å². The minimum atomic E-state index is -0.344. The molecule has 2 aliphatic heterocycles. The predicted octanol–water partition coefficient (Wildman–Crippen LogP) is 2.96. The smallest absolute Gasteiger partial charge is 0.254 e. The van der Waals surface area contributed by atoms with Crippen LogP contribution in [0.15, 0.2) is 48.5 Å². The molecule has 2 fully saturated rings. The van der Waals surface area contributed by atoms with E-state index in [1.54, 1.807) is 41.3 Å². The van der Waals surface area contributed by atoms with Gasteiger partial charge in [-0.3, -0.25) is 4.79 Å². The van der Waals surface area contributed by atoms with Gasteiger partial charge in [-0.2, -0.15) is 0 Å². The Bertz CT molecular complexity index is 824. The molecule has 4 rings (SSSR count). The predicted molar refractivity (Wildman–Crippen MR) is 96.2 cm³/mol. The highest BCUT2D eigenvalue weighted by molar-refractivity contribution is 6.01. The van der Waals surface area contributed by atoms with E-state index in [1.807, 2.05) is 6.07 Å². The molecule has 2 aliphatic rings. The van der Waals surface area contributed by atoms with Gasteiger partial charge in [-0.25, -0.2) is 4.39 Å². The van der Waals surface area contributed by atoms with Crippen LogP contribution in [0.2, 0.25) is 0 Å². The van der Waals surface area contributed by atoms with Crippen LogP contribution in [0.25, 0.3) is 11.1 Å². The topological polar surface area (TPSA) is 49.8 Å². The number of rotatable bonds is 3. The first-order valence-corrected chi connectivity index (χ1v) is 8.96. The zero-order valence-electron chi connectivity index (χ0n) is 14.5. The zero-order chi connectivity index (χ0) is 18.1.